The first-order valence-electron chi connectivity index (χ1n) is 5.45. The summed E-state index contributed by atoms with van der Waals surface area (Å²) >= 11 is 0. The summed E-state index contributed by atoms with van der Waals surface area (Å²) in [5, 5.41) is 0. The number of carbonyl (C=O) groups excluding carboxylic acids is 1. The maximum Gasteiger partial charge on any atom is 0.318 e. The van der Waals surface area contributed by atoms with Gasteiger partial charge in [-0.05, 0) is 25.2 Å². The first-order chi connectivity index (χ1) is 6.97. The smallest absolute Gasteiger partial charge is 0.318 e. The zero-order chi connectivity index (χ0) is 11.1. The van der Waals surface area contributed by atoms with Crippen molar-refractivity contribution in [2.45, 2.75) is 38.9 Å². The molecule has 84 valence electrons. The van der Waals surface area contributed by atoms with Crippen LogP contribution < -0.4 is 0 Å². The van der Waals surface area contributed by atoms with Crippen LogP contribution in [0.5, 0.6) is 0 Å². The lowest BCUT2D eigenvalue weighted by Crippen LogP contribution is -2.37. The highest BCUT2D eigenvalue weighted by molar-refractivity contribution is 5.80. The van der Waals surface area contributed by atoms with Gasteiger partial charge in [-0.25, -0.2) is 0 Å². The second-order valence-corrected chi connectivity index (χ2v) is 5.01. The summed E-state index contributed by atoms with van der Waals surface area (Å²) in [4.78, 5) is 12.0. The molecule has 2 bridgehead atoms. The van der Waals surface area contributed by atoms with E-state index in [1.165, 1.54) is 0 Å². The predicted molar refractivity (Wildman–Crippen MR) is 56.1 cm³/mol. The molecule has 3 heteroatoms. The summed E-state index contributed by atoms with van der Waals surface area (Å²) in [6, 6.07) is 0. The highest BCUT2D eigenvalue weighted by Crippen LogP contribution is 2.50. The number of esters is 1. The molecule has 2 unspecified atom stereocenters. The Labute approximate surface area is 90.4 Å². The fourth-order valence-electron chi connectivity index (χ4n) is 2.37. The van der Waals surface area contributed by atoms with E-state index in [2.05, 4.69) is 6.08 Å². The van der Waals surface area contributed by atoms with Crippen LogP contribution in [0.15, 0.2) is 12.2 Å². The lowest BCUT2D eigenvalue weighted by molar-refractivity contribution is -0.213. The molecule has 2 aliphatic rings. The van der Waals surface area contributed by atoms with Gasteiger partial charge >= 0.3 is 5.97 Å². The van der Waals surface area contributed by atoms with Gasteiger partial charge in [0.15, 0.2) is 0 Å². The van der Waals surface area contributed by atoms with E-state index in [1.807, 2.05) is 6.08 Å². The van der Waals surface area contributed by atoms with Gasteiger partial charge in [0, 0.05) is 21.0 Å². The molecule has 0 N–H and O–H groups in total. The van der Waals surface area contributed by atoms with E-state index >= 15 is 0 Å². The van der Waals surface area contributed by atoms with Crippen molar-refractivity contribution in [3.8, 4) is 0 Å². The fraction of sp³-hybridized carbons (Fsp3) is 0.750. The van der Waals surface area contributed by atoms with Gasteiger partial charge < -0.3 is 9.47 Å². The quantitative estimate of drug-likeness (QED) is 0.407. The molecule has 0 aromatic heterocycles. The standard InChI is InChI=1S/C12H18O3/c1-11(2,14-3)15-10(13)12-6-4-9(8-12)5-7-12/h4,6,9H,5,7-8H2,1-3H3. The van der Waals surface area contributed by atoms with Crippen molar-refractivity contribution in [2.24, 2.45) is 11.3 Å². The normalized spacial score (nSPS) is 33.4. The molecule has 0 aromatic carbocycles. The monoisotopic (exact) mass is 210 g/mol. The maximum atomic E-state index is 12.0. The molecular formula is C12H18O3. The van der Waals surface area contributed by atoms with Crippen molar-refractivity contribution in [1.82, 2.24) is 0 Å². The molecule has 2 aliphatic carbocycles. The molecule has 15 heavy (non-hydrogen) atoms. The van der Waals surface area contributed by atoms with Crippen LogP contribution in [-0.2, 0) is 14.3 Å². The Kier molecular flexibility index (Phi) is 2.38. The molecule has 0 spiro atoms. The predicted octanol–water partition coefficient (Wildman–Crippen LogP) is 2.27. The van der Waals surface area contributed by atoms with Crippen molar-refractivity contribution in [2.75, 3.05) is 7.11 Å². The van der Waals surface area contributed by atoms with Gasteiger partial charge in [-0.1, -0.05) is 12.2 Å². The van der Waals surface area contributed by atoms with Crippen molar-refractivity contribution >= 4 is 5.97 Å². The summed E-state index contributed by atoms with van der Waals surface area (Å²) in [6.07, 6.45) is 7.12. The van der Waals surface area contributed by atoms with Crippen LogP contribution in [0.1, 0.15) is 33.1 Å². The minimum absolute atomic E-state index is 0.134. The third-order valence-electron chi connectivity index (χ3n) is 3.51. The third-order valence-corrected chi connectivity index (χ3v) is 3.51. The van der Waals surface area contributed by atoms with Crippen LogP contribution in [0.25, 0.3) is 0 Å². The average molecular weight is 210 g/mol. The fourth-order valence-corrected chi connectivity index (χ4v) is 2.37. The number of methoxy groups -OCH3 is 1. The Balaban J connectivity index is 2.06. The molecule has 0 heterocycles. The van der Waals surface area contributed by atoms with Gasteiger partial charge in [0.2, 0.25) is 5.79 Å². The lowest BCUT2D eigenvalue weighted by Gasteiger charge is -2.29. The number of hydrogen-bond acceptors (Lipinski definition) is 3. The Morgan fingerprint density at radius 1 is 1.53 bits per heavy atom. The third kappa shape index (κ3) is 1.81. The van der Waals surface area contributed by atoms with Gasteiger partial charge in [-0.3, -0.25) is 4.79 Å². The minimum atomic E-state index is -0.819. The van der Waals surface area contributed by atoms with Crippen LogP contribution >= 0.6 is 0 Å². The average Bonchev–Trinajstić information content (AvgIpc) is 2.78. The van der Waals surface area contributed by atoms with Gasteiger partial charge in [0.1, 0.15) is 0 Å². The summed E-state index contributed by atoms with van der Waals surface area (Å²) in [5.74, 6) is -0.366. The molecule has 2 atom stereocenters. The largest absolute Gasteiger partial charge is 0.433 e. The second kappa shape index (κ2) is 3.34. The number of fused-ring (bicyclic) bond motifs is 2. The number of hydrogen-bond donors (Lipinski definition) is 0. The minimum Gasteiger partial charge on any atom is -0.433 e. The van der Waals surface area contributed by atoms with E-state index in [0.717, 1.165) is 19.3 Å². The Morgan fingerprint density at radius 3 is 2.67 bits per heavy atom. The maximum absolute atomic E-state index is 12.0. The van der Waals surface area contributed by atoms with Gasteiger partial charge in [-0.15, -0.1) is 0 Å². The molecule has 0 radical (unpaired) electrons. The molecule has 2 rings (SSSR count). The van der Waals surface area contributed by atoms with Crippen LogP contribution in [0.2, 0.25) is 0 Å². The van der Waals surface area contributed by atoms with Crippen LogP contribution in [-0.4, -0.2) is 18.9 Å². The molecule has 0 aromatic rings. The number of ether oxygens (including phenoxy) is 2. The van der Waals surface area contributed by atoms with Crippen molar-refractivity contribution < 1.29 is 14.3 Å². The SMILES string of the molecule is COC(C)(C)OC(=O)C12C=CC(CC1)C2. The van der Waals surface area contributed by atoms with E-state index in [4.69, 9.17) is 9.47 Å². The Hall–Kier alpha value is -0.830. The molecule has 0 amide bonds. The van der Waals surface area contributed by atoms with Crippen LogP contribution in [0.3, 0.4) is 0 Å². The summed E-state index contributed by atoms with van der Waals surface area (Å²) in [5.41, 5.74) is -0.347. The highest BCUT2D eigenvalue weighted by atomic mass is 16.7. The summed E-state index contributed by atoms with van der Waals surface area (Å²) in [6.45, 7) is 3.51. The van der Waals surface area contributed by atoms with Gasteiger partial charge in [0.25, 0.3) is 0 Å². The zero-order valence-corrected chi connectivity index (χ0v) is 9.58. The van der Waals surface area contributed by atoms with Crippen LogP contribution in [0, 0.1) is 11.3 Å². The molecule has 1 saturated carbocycles. The molecule has 3 nitrogen and oxygen atoms in total. The Bertz CT molecular complexity index is 306. The van der Waals surface area contributed by atoms with E-state index in [9.17, 15) is 4.79 Å². The molecule has 0 aliphatic heterocycles. The number of allylic oxidation sites excluding steroid dienone is 1. The Morgan fingerprint density at radius 2 is 2.27 bits per heavy atom. The topological polar surface area (TPSA) is 35.5 Å². The second-order valence-electron chi connectivity index (χ2n) is 5.01. The van der Waals surface area contributed by atoms with Gasteiger partial charge in [-0.2, -0.15) is 0 Å². The molecular weight excluding hydrogens is 192 g/mol. The summed E-state index contributed by atoms with van der Waals surface area (Å²) in [7, 11) is 1.55. The van der Waals surface area contributed by atoms with Crippen molar-refractivity contribution in [3.05, 3.63) is 12.2 Å². The first-order valence-corrected chi connectivity index (χ1v) is 5.45. The first kappa shape index (κ1) is 10.7. The van der Waals surface area contributed by atoms with Crippen LogP contribution in [0.4, 0.5) is 0 Å². The van der Waals surface area contributed by atoms with E-state index in [-0.39, 0.29) is 11.4 Å². The zero-order valence-electron chi connectivity index (χ0n) is 9.58. The van der Waals surface area contributed by atoms with Crippen molar-refractivity contribution in [1.29, 1.82) is 0 Å². The summed E-state index contributed by atoms with van der Waals surface area (Å²) < 4.78 is 10.5. The van der Waals surface area contributed by atoms with E-state index < -0.39 is 5.79 Å². The van der Waals surface area contributed by atoms with Crippen molar-refractivity contribution in [3.63, 3.8) is 0 Å². The molecule has 0 saturated heterocycles. The van der Waals surface area contributed by atoms with Gasteiger partial charge in [0.05, 0.1) is 5.41 Å². The lowest BCUT2D eigenvalue weighted by atomic mass is 9.88. The number of rotatable bonds is 3. The highest BCUT2D eigenvalue weighted by Gasteiger charge is 2.48. The van der Waals surface area contributed by atoms with E-state index in [1.54, 1.807) is 21.0 Å². The molecule has 1 fully saturated rings. The van der Waals surface area contributed by atoms with E-state index in [0.29, 0.717) is 5.92 Å². The number of carbonyl (C=O) groups is 1.